The molecule has 6 aromatic heterocycles. The molecule has 0 fully saturated rings. The monoisotopic (exact) mass is 1110 g/mol. The predicted molar refractivity (Wildman–Crippen MR) is 365 cm³/mol. The van der Waals surface area contributed by atoms with Crippen LogP contribution in [0.5, 0.6) is 0 Å². The van der Waals surface area contributed by atoms with E-state index in [1.807, 2.05) is 26.0 Å². The maximum absolute atomic E-state index is 4.80. The van der Waals surface area contributed by atoms with Gasteiger partial charge in [0.05, 0.1) is 55.2 Å². The van der Waals surface area contributed by atoms with Gasteiger partial charge in [0, 0.05) is 65.3 Å². The van der Waals surface area contributed by atoms with Crippen molar-refractivity contribution in [2.45, 2.75) is 104 Å². The van der Waals surface area contributed by atoms with Crippen LogP contribution in [0, 0.1) is 104 Å². The average Bonchev–Trinajstić information content (AvgIpc) is 2.73. The molecule has 0 atom stereocenters. The lowest BCUT2D eigenvalue weighted by Gasteiger charge is -2.09. The summed E-state index contributed by atoms with van der Waals surface area (Å²) in [6, 6.07) is 62.4. The topological polar surface area (TPSA) is 77.3 Å². The van der Waals surface area contributed by atoms with E-state index in [-0.39, 0.29) is 0 Å². The lowest BCUT2D eigenvalue weighted by Crippen LogP contribution is -1.91. The molecule has 0 saturated heterocycles. The molecular weight excluding hydrogens is 1030 g/mol. The Morgan fingerprint density at radius 2 is 0.659 bits per heavy atom. The molecule has 420 valence electrons. The van der Waals surface area contributed by atoms with Crippen LogP contribution >= 0.6 is 0 Å². The SMILES string of the molecule is Cc1cc2nc3ccccc3c(C)c2cc1C.Cc1ccc2cc3cc(C)c(C)cc3nc2c1.Cc1ccc2cc3ccc(C)c(C)c3nc2c1.Cc1ccc2ccc3cc(C)c(C)nc3c2n1.Cc1ccc2nc3cc(C)c(C)cc3cc2c1. The molecule has 6 nitrogen and oxygen atoms in total. The van der Waals surface area contributed by atoms with E-state index < -0.39 is 0 Å². The Morgan fingerprint density at radius 1 is 0.212 bits per heavy atom. The molecule has 0 saturated carbocycles. The third-order valence-corrected chi connectivity index (χ3v) is 17.0. The summed E-state index contributed by atoms with van der Waals surface area (Å²) in [5, 5.41) is 12.2. The van der Waals surface area contributed by atoms with E-state index >= 15 is 0 Å². The lowest BCUT2D eigenvalue weighted by molar-refractivity contribution is 1.19. The van der Waals surface area contributed by atoms with Crippen molar-refractivity contribution < 1.29 is 0 Å². The molecule has 0 aliphatic rings. The highest BCUT2D eigenvalue weighted by molar-refractivity contribution is 6.03. The van der Waals surface area contributed by atoms with Gasteiger partial charge >= 0.3 is 0 Å². The van der Waals surface area contributed by atoms with Gasteiger partial charge in [-0.1, -0.05) is 84.4 Å². The van der Waals surface area contributed by atoms with Crippen molar-refractivity contribution in [3.05, 3.63) is 260 Å². The largest absolute Gasteiger partial charge is 0.251 e. The Morgan fingerprint density at radius 3 is 1.34 bits per heavy atom. The molecule has 0 unspecified atom stereocenters. The summed E-state index contributed by atoms with van der Waals surface area (Å²) in [6.45, 7) is 31.8. The van der Waals surface area contributed by atoms with Crippen molar-refractivity contribution in [3.8, 4) is 0 Å². The van der Waals surface area contributed by atoms with Gasteiger partial charge in [-0.25, -0.2) is 19.9 Å². The van der Waals surface area contributed by atoms with Crippen LogP contribution in [-0.4, -0.2) is 29.9 Å². The number of aromatic nitrogens is 6. The Kier molecular flexibility index (Phi) is 15.9. The number of hydrogen-bond donors (Lipinski definition) is 0. The van der Waals surface area contributed by atoms with Crippen LogP contribution in [0.15, 0.2) is 176 Å². The quantitative estimate of drug-likeness (QED) is 0.111. The van der Waals surface area contributed by atoms with E-state index in [1.54, 1.807) is 0 Å². The molecule has 0 N–H and O–H groups in total. The number of hydrogen-bond acceptors (Lipinski definition) is 6. The second kappa shape index (κ2) is 23.6. The molecule has 6 heterocycles. The van der Waals surface area contributed by atoms with Gasteiger partial charge in [0.15, 0.2) is 0 Å². The zero-order chi connectivity index (χ0) is 60.0. The highest BCUT2D eigenvalue weighted by Gasteiger charge is 2.10. The van der Waals surface area contributed by atoms with Gasteiger partial charge in [0.1, 0.15) is 0 Å². The second-order valence-corrected chi connectivity index (χ2v) is 23.7. The number of para-hydroxylation sites is 1. The van der Waals surface area contributed by atoms with Crippen molar-refractivity contribution in [2.24, 2.45) is 0 Å². The summed E-state index contributed by atoms with van der Waals surface area (Å²) in [6.07, 6.45) is 0. The van der Waals surface area contributed by atoms with Crippen molar-refractivity contribution in [2.75, 3.05) is 0 Å². The van der Waals surface area contributed by atoms with E-state index in [9.17, 15) is 0 Å². The Bertz CT molecular complexity index is 4960. The third-order valence-electron chi connectivity index (χ3n) is 17.0. The van der Waals surface area contributed by atoms with Crippen molar-refractivity contribution in [1.29, 1.82) is 0 Å². The summed E-state index contributed by atoms with van der Waals surface area (Å²) in [5.41, 5.74) is 29.7. The number of rotatable bonds is 0. The van der Waals surface area contributed by atoms with Gasteiger partial charge < -0.3 is 0 Å². The van der Waals surface area contributed by atoms with Crippen molar-refractivity contribution in [1.82, 2.24) is 29.9 Å². The minimum Gasteiger partial charge on any atom is -0.251 e. The summed E-state index contributed by atoms with van der Waals surface area (Å²) in [5.74, 6) is 0. The van der Waals surface area contributed by atoms with E-state index in [1.165, 1.54) is 121 Å². The van der Waals surface area contributed by atoms with Crippen LogP contribution in [0.2, 0.25) is 0 Å². The third kappa shape index (κ3) is 12.1. The molecule has 0 radical (unpaired) electrons. The first kappa shape index (κ1) is 57.3. The number of nitrogens with zero attached hydrogens (tertiary/aromatic N) is 6. The van der Waals surface area contributed by atoms with Crippen LogP contribution in [-0.2, 0) is 0 Å². The Balaban J connectivity index is 0.000000111. The first-order valence-corrected chi connectivity index (χ1v) is 29.5. The fraction of sp³-hybridized carbons (Fsp3) is 0.190. The van der Waals surface area contributed by atoms with E-state index in [0.29, 0.717) is 0 Å². The van der Waals surface area contributed by atoms with Crippen LogP contribution in [0.25, 0.3) is 109 Å². The summed E-state index contributed by atoms with van der Waals surface area (Å²) < 4.78 is 0. The molecular formula is C79H74N6. The zero-order valence-electron chi connectivity index (χ0n) is 51.9. The van der Waals surface area contributed by atoms with Gasteiger partial charge in [0.25, 0.3) is 0 Å². The second-order valence-electron chi connectivity index (χ2n) is 23.7. The van der Waals surface area contributed by atoms with Crippen LogP contribution in [0.1, 0.15) is 83.7 Å². The molecule has 9 aromatic carbocycles. The average molecular weight is 1110 g/mol. The standard InChI is InChI=1S/4C16H15N.C15H14N2/c1-10-4-6-13-9-14-7-5-11(2)12(3)16(14)17-15(13)8-10;1-10-4-5-15-13(6-10)9-14-7-11(2)12(3)8-16(14)17-15;1-10-4-5-13-9-14-7-11(2)12(3)8-16(14)17-15(13)6-10;1-10-8-14-12(3)13-6-4-5-7-15(13)17-16(14)9-11(10)2;1-9-8-13-7-6-12-5-4-10(2)16-14(12)15(13)17-11(9)3/h4*4-9H,1-3H3;4-8H,1-3H3. The fourth-order valence-corrected chi connectivity index (χ4v) is 11.1. The highest BCUT2D eigenvalue weighted by Crippen LogP contribution is 2.30. The van der Waals surface area contributed by atoms with E-state index in [0.717, 1.165) is 71.9 Å². The minimum absolute atomic E-state index is 1.01. The van der Waals surface area contributed by atoms with Crippen molar-refractivity contribution >= 4 is 109 Å². The maximum Gasteiger partial charge on any atom is 0.0968 e. The van der Waals surface area contributed by atoms with Crippen LogP contribution in [0.4, 0.5) is 0 Å². The smallest absolute Gasteiger partial charge is 0.0968 e. The molecule has 15 aromatic rings. The Hall–Kier alpha value is -9.52. The molecule has 0 amide bonds. The fourth-order valence-electron chi connectivity index (χ4n) is 11.1. The predicted octanol–water partition coefficient (Wildman–Crippen LogP) is 21.0. The minimum atomic E-state index is 1.01. The number of fused-ring (bicyclic) bond motifs is 11. The highest BCUT2D eigenvalue weighted by atomic mass is 14.8. The van der Waals surface area contributed by atoms with Gasteiger partial charge in [0.2, 0.25) is 0 Å². The van der Waals surface area contributed by atoms with Crippen LogP contribution < -0.4 is 0 Å². The molecule has 0 aliphatic heterocycles. The number of pyridine rings is 6. The maximum atomic E-state index is 4.80. The molecule has 6 heteroatoms. The number of benzene rings is 9. The summed E-state index contributed by atoms with van der Waals surface area (Å²) >= 11 is 0. The summed E-state index contributed by atoms with van der Waals surface area (Å²) in [7, 11) is 0. The van der Waals surface area contributed by atoms with E-state index in [4.69, 9.17) is 19.9 Å². The van der Waals surface area contributed by atoms with Gasteiger partial charge in [-0.2, -0.15) is 0 Å². The lowest BCUT2D eigenvalue weighted by atomic mass is 10.00. The molecule has 85 heavy (non-hydrogen) atoms. The van der Waals surface area contributed by atoms with E-state index in [2.05, 4.69) is 264 Å². The first-order chi connectivity index (χ1) is 40.7. The molecule has 0 aliphatic carbocycles. The zero-order valence-corrected chi connectivity index (χ0v) is 51.9. The molecule has 0 bridgehead atoms. The van der Waals surface area contributed by atoms with Gasteiger partial charge in [-0.05, 0) is 268 Å². The summed E-state index contributed by atoms with van der Waals surface area (Å²) in [4.78, 5) is 28.3. The molecule has 0 spiro atoms. The van der Waals surface area contributed by atoms with Crippen molar-refractivity contribution in [3.63, 3.8) is 0 Å². The van der Waals surface area contributed by atoms with Crippen LogP contribution in [0.3, 0.4) is 0 Å². The van der Waals surface area contributed by atoms with Gasteiger partial charge in [-0.15, -0.1) is 0 Å². The van der Waals surface area contributed by atoms with Gasteiger partial charge in [-0.3, -0.25) is 9.97 Å². The normalized spacial score (nSPS) is 11.2. The molecule has 15 rings (SSSR count). The Labute approximate surface area is 499 Å². The first-order valence-electron chi connectivity index (χ1n) is 29.5. The number of aryl methyl sites for hydroxylation is 15.